The van der Waals surface area contributed by atoms with Gasteiger partial charge < -0.3 is 15.6 Å². The highest BCUT2D eigenvalue weighted by Crippen LogP contribution is 2.41. The van der Waals surface area contributed by atoms with Crippen molar-refractivity contribution < 1.29 is 13.2 Å². The Labute approximate surface area is 189 Å². The first kappa shape index (κ1) is 21.7. The summed E-state index contributed by atoms with van der Waals surface area (Å²) in [5.41, 5.74) is 6.60. The number of thioether (sulfide) groups is 1. The maximum atomic E-state index is 13.1. The van der Waals surface area contributed by atoms with Gasteiger partial charge in [-0.25, -0.2) is 9.78 Å². The number of nitrogens with one attached hydrogen (secondary N) is 1. The lowest BCUT2D eigenvalue weighted by Gasteiger charge is -2.13. The van der Waals surface area contributed by atoms with Crippen LogP contribution in [0.4, 0.5) is 19.0 Å². The summed E-state index contributed by atoms with van der Waals surface area (Å²) in [6, 6.07) is 11.1. The molecule has 31 heavy (non-hydrogen) atoms. The van der Waals surface area contributed by atoms with Crippen LogP contribution < -0.4 is 5.73 Å². The zero-order valence-electron chi connectivity index (χ0n) is 15.8. The van der Waals surface area contributed by atoms with Crippen LogP contribution >= 0.6 is 35.0 Å². The second-order valence-corrected chi connectivity index (χ2v) is 8.10. The summed E-state index contributed by atoms with van der Waals surface area (Å²) in [4.78, 5) is 5.10. The quantitative estimate of drug-likeness (QED) is 0.384. The third-order valence-corrected chi connectivity index (χ3v) is 5.89. The van der Waals surface area contributed by atoms with Crippen molar-refractivity contribution >= 4 is 47.4 Å². The van der Waals surface area contributed by atoms with Crippen molar-refractivity contribution in [3.05, 3.63) is 58.1 Å². The van der Waals surface area contributed by atoms with Gasteiger partial charge in [0.05, 0.1) is 20.5 Å². The molecular weight excluding hydrogens is 471 g/mol. The Morgan fingerprint density at radius 2 is 1.77 bits per heavy atom. The van der Waals surface area contributed by atoms with Crippen molar-refractivity contribution in [2.75, 3.05) is 12.0 Å². The monoisotopic (exact) mass is 483 g/mol. The van der Waals surface area contributed by atoms with Crippen molar-refractivity contribution in [1.29, 1.82) is 0 Å². The number of benzene rings is 2. The Bertz CT molecular complexity index is 1240. The van der Waals surface area contributed by atoms with Gasteiger partial charge in [0, 0.05) is 0 Å². The molecule has 0 atom stereocenters. The number of halogens is 5. The van der Waals surface area contributed by atoms with E-state index in [-0.39, 0.29) is 21.6 Å². The van der Waals surface area contributed by atoms with Gasteiger partial charge in [0.1, 0.15) is 29.7 Å². The van der Waals surface area contributed by atoms with Crippen molar-refractivity contribution in [2.45, 2.75) is 11.1 Å². The maximum Gasteiger partial charge on any atom is 0.416 e. The zero-order chi connectivity index (χ0) is 22.3. The van der Waals surface area contributed by atoms with Gasteiger partial charge in [0.15, 0.2) is 0 Å². The van der Waals surface area contributed by atoms with Crippen LogP contribution in [-0.4, -0.2) is 37.7 Å². The smallest absolute Gasteiger partial charge is 0.416 e. The molecule has 0 amide bonds. The Kier molecular flexibility index (Phi) is 5.76. The Hall–Kier alpha value is -2.50. The largest absolute Gasteiger partial charge is 0.470 e. The number of anilines is 1. The van der Waals surface area contributed by atoms with Crippen molar-refractivity contribution in [1.82, 2.24) is 24.8 Å². The summed E-state index contributed by atoms with van der Waals surface area (Å²) >= 11 is 13.6. The maximum absolute atomic E-state index is 13.1. The normalized spacial score (nSPS) is 11.8. The molecule has 13 heteroatoms. The van der Waals surface area contributed by atoms with Gasteiger partial charge in [-0.3, -0.25) is 0 Å². The van der Waals surface area contributed by atoms with Crippen LogP contribution in [0, 0.1) is 0 Å². The minimum atomic E-state index is -4.59. The van der Waals surface area contributed by atoms with Crippen LogP contribution in [-0.2, 0) is 6.18 Å². The second-order valence-electron chi connectivity index (χ2n) is 6.47. The van der Waals surface area contributed by atoms with E-state index in [1.54, 1.807) is 6.26 Å². The van der Waals surface area contributed by atoms with E-state index in [4.69, 9.17) is 28.9 Å². The summed E-state index contributed by atoms with van der Waals surface area (Å²) in [6.07, 6.45) is -2.80. The summed E-state index contributed by atoms with van der Waals surface area (Å²) < 4.78 is 40.4. The van der Waals surface area contributed by atoms with Crippen LogP contribution in [0.3, 0.4) is 0 Å². The Morgan fingerprint density at radius 1 is 1.13 bits per heavy atom. The van der Waals surface area contributed by atoms with E-state index in [1.165, 1.54) is 16.4 Å². The SMILES string of the molecule is CSc1c(-c2n[nH][b-](-c3ccccc3)n2)nn(-c2c(Cl)cc(C(F)(F)F)cc2Cl)c1N. The molecule has 0 unspecified atom stereocenters. The summed E-state index contributed by atoms with van der Waals surface area (Å²) in [5, 5.41) is 11.1. The number of H-pyrrole nitrogens is 1. The number of aromatic nitrogens is 5. The molecule has 0 saturated heterocycles. The number of hydrogen-bond donors (Lipinski definition) is 2. The van der Waals surface area contributed by atoms with E-state index in [0.717, 1.165) is 17.6 Å². The summed E-state index contributed by atoms with van der Waals surface area (Å²) in [5.74, 6) is 0.468. The molecule has 0 aliphatic rings. The molecule has 2 aromatic carbocycles. The summed E-state index contributed by atoms with van der Waals surface area (Å²) in [6.45, 7) is -0.393. The fourth-order valence-corrected chi connectivity index (χ4v) is 4.34. The molecule has 0 fully saturated rings. The molecule has 6 nitrogen and oxygen atoms in total. The van der Waals surface area contributed by atoms with Crippen molar-refractivity contribution in [3.8, 4) is 22.7 Å². The van der Waals surface area contributed by atoms with Gasteiger partial charge in [-0.1, -0.05) is 53.5 Å². The first-order chi connectivity index (χ1) is 14.7. The molecule has 4 rings (SSSR count). The molecule has 2 heterocycles. The van der Waals surface area contributed by atoms with E-state index < -0.39 is 18.4 Å². The zero-order valence-corrected chi connectivity index (χ0v) is 18.1. The second kappa shape index (κ2) is 8.21. The number of nitrogens with two attached hydrogens (primary N) is 1. The minimum absolute atomic E-state index is 0.0431. The lowest BCUT2D eigenvalue weighted by atomic mass is 9.80. The third kappa shape index (κ3) is 4.05. The molecule has 160 valence electrons. The molecule has 3 N–H and O–H groups in total. The minimum Gasteiger partial charge on any atom is -0.470 e. The van der Waals surface area contributed by atoms with Crippen LogP contribution in [0.5, 0.6) is 0 Å². The average Bonchev–Trinajstić information content (AvgIpc) is 3.32. The van der Waals surface area contributed by atoms with Gasteiger partial charge in [0.25, 0.3) is 0 Å². The first-order valence-corrected chi connectivity index (χ1v) is 10.8. The highest BCUT2D eigenvalue weighted by atomic mass is 35.5. The van der Waals surface area contributed by atoms with E-state index >= 15 is 0 Å². The highest BCUT2D eigenvalue weighted by Gasteiger charge is 2.33. The highest BCUT2D eigenvalue weighted by molar-refractivity contribution is 7.98. The van der Waals surface area contributed by atoms with E-state index in [1.807, 2.05) is 30.3 Å². The number of aromatic amines is 1. The number of hydrogen-bond acceptors (Lipinski definition) is 5. The lowest BCUT2D eigenvalue weighted by molar-refractivity contribution is -0.137. The number of nitrogen functional groups attached to an aromatic ring is 1. The van der Waals surface area contributed by atoms with Crippen LogP contribution in [0.1, 0.15) is 5.56 Å². The van der Waals surface area contributed by atoms with Gasteiger partial charge in [0.2, 0.25) is 0 Å². The predicted molar refractivity (Wildman–Crippen MR) is 117 cm³/mol. The first-order valence-electron chi connectivity index (χ1n) is 8.79. The van der Waals surface area contributed by atoms with Crippen molar-refractivity contribution in [2.24, 2.45) is 0 Å². The van der Waals surface area contributed by atoms with Gasteiger partial charge in [-0.05, 0) is 18.4 Å². The molecule has 0 radical (unpaired) electrons. The Balaban J connectivity index is 1.83. The molecule has 0 spiro atoms. The van der Waals surface area contributed by atoms with Crippen LogP contribution in [0.2, 0.25) is 10.0 Å². The number of nitrogens with zero attached hydrogens (tertiary/aromatic N) is 4. The van der Waals surface area contributed by atoms with Crippen molar-refractivity contribution in [3.63, 3.8) is 0 Å². The number of alkyl halides is 3. The molecule has 2 aromatic heterocycles. The van der Waals surface area contributed by atoms with E-state index in [9.17, 15) is 13.2 Å². The topological polar surface area (TPSA) is 85.4 Å². The fourth-order valence-electron chi connectivity index (χ4n) is 3.07. The molecule has 0 aliphatic heterocycles. The molecule has 0 bridgehead atoms. The van der Waals surface area contributed by atoms with Gasteiger partial charge in [-0.2, -0.15) is 23.7 Å². The standard InChI is InChI=1S/C18H13BCl2F3N6S/c1-31-15-13(17-26-19(29-27-17)10-5-3-2-4-6-10)28-30(16(15)25)14-11(20)7-9(8-12(14)21)18(22,23)24/h2-8,29H,25H2,1H3/q-1. The van der Waals surface area contributed by atoms with E-state index in [2.05, 4.69) is 20.1 Å². The van der Waals surface area contributed by atoms with Crippen LogP contribution in [0.25, 0.3) is 22.7 Å². The van der Waals surface area contributed by atoms with E-state index in [0.29, 0.717) is 16.4 Å². The summed E-state index contributed by atoms with van der Waals surface area (Å²) in [7, 11) is 0. The van der Waals surface area contributed by atoms with Gasteiger partial charge in [-0.15, -0.1) is 11.8 Å². The molecule has 0 saturated carbocycles. The molecular formula is C18H13BCl2F3N6S-. The molecule has 0 aliphatic carbocycles. The Morgan fingerprint density at radius 3 is 2.35 bits per heavy atom. The van der Waals surface area contributed by atoms with Crippen LogP contribution in [0.15, 0.2) is 47.4 Å². The number of rotatable bonds is 4. The fraction of sp³-hybridized carbons (Fsp3) is 0.111. The molecule has 4 aromatic rings. The van der Waals surface area contributed by atoms with Gasteiger partial charge >= 0.3 is 6.18 Å². The lowest BCUT2D eigenvalue weighted by Crippen LogP contribution is -2.08. The average molecular weight is 484 g/mol. The third-order valence-electron chi connectivity index (χ3n) is 4.51. The predicted octanol–water partition coefficient (Wildman–Crippen LogP) is 5.30.